The Kier molecular flexibility index (Phi) is 6.08. The summed E-state index contributed by atoms with van der Waals surface area (Å²) < 4.78 is 6.52. The van der Waals surface area contributed by atoms with E-state index >= 15 is 0 Å². The van der Waals surface area contributed by atoms with E-state index in [9.17, 15) is 14.9 Å². The Morgan fingerprint density at radius 2 is 2.27 bits per heavy atom. The molecule has 22 heavy (non-hydrogen) atoms. The lowest BCUT2D eigenvalue weighted by atomic mass is 10.2. The number of carbonyl (C=O) groups is 1. The van der Waals surface area contributed by atoms with Crippen LogP contribution in [-0.4, -0.2) is 22.5 Å². The number of aromatic nitrogens is 1. The van der Waals surface area contributed by atoms with E-state index < -0.39 is 10.8 Å². The number of nitro groups is 1. The fourth-order valence-electron chi connectivity index (χ4n) is 1.68. The van der Waals surface area contributed by atoms with Gasteiger partial charge in [0.25, 0.3) is 5.69 Å². The van der Waals surface area contributed by atoms with Crippen LogP contribution in [-0.2, 0) is 11.3 Å². The molecular formula is C12H12ClN4O4S-. The number of methoxy groups -OCH3 is 1. The van der Waals surface area contributed by atoms with Crippen molar-refractivity contribution in [2.75, 3.05) is 12.4 Å². The summed E-state index contributed by atoms with van der Waals surface area (Å²) in [7, 11) is 1.41. The van der Waals surface area contributed by atoms with Crippen LogP contribution in [0.15, 0.2) is 29.8 Å². The van der Waals surface area contributed by atoms with Crippen molar-refractivity contribution in [2.45, 2.75) is 6.54 Å². The lowest BCUT2D eigenvalue weighted by Gasteiger charge is -2.10. The first-order chi connectivity index (χ1) is 10.0. The molecule has 0 saturated heterocycles. The van der Waals surface area contributed by atoms with Gasteiger partial charge in [-0.25, -0.2) is 0 Å². The molecule has 0 aliphatic rings. The molecule has 0 spiro atoms. The van der Waals surface area contributed by atoms with E-state index in [1.54, 1.807) is 11.6 Å². The van der Waals surface area contributed by atoms with Gasteiger partial charge < -0.3 is 27.0 Å². The Balaban J connectivity index is 0.00000242. The number of hydrogen-bond acceptors (Lipinski definition) is 6. The molecule has 0 aliphatic heterocycles. The SMILES string of the molecule is COc1ccc([N+](=O)[O-])cc1NC(=O)Cn1ccsc1=N.[Cl-]. The van der Waals surface area contributed by atoms with Gasteiger partial charge in [-0.3, -0.25) is 20.3 Å². The van der Waals surface area contributed by atoms with Gasteiger partial charge in [0.1, 0.15) is 12.3 Å². The van der Waals surface area contributed by atoms with Gasteiger partial charge in [-0.15, -0.1) is 11.3 Å². The van der Waals surface area contributed by atoms with Crippen LogP contribution in [0.1, 0.15) is 0 Å². The zero-order valence-electron chi connectivity index (χ0n) is 11.4. The third-order valence-corrected chi connectivity index (χ3v) is 3.38. The summed E-state index contributed by atoms with van der Waals surface area (Å²) in [4.78, 5) is 22.4. The number of nitro benzene ring substituents is 1. The molecule has 0 aliphatic carbocycles. The molecule has 0 atom stereocenters. The Morgan fingerprint density at radius 3 is 2.82 bits per heavy atom. The molecule has 118 valence electrons. The van der Waals surface area contributed by atoms with Crippen LogP contribution in [0.4, 0.5) is 11.4 Å². The third kappa shape index (κ3) is 4.06. The summed E-state index contributed by atoms with van der Waals surface area (Å²) in [6, 6.07) is 3.95. The highest BCUT2D eigenvalue weighted by molar-refractivity contribution is 7.06. The predicted octanol–water partition coefficient (Wildman–Crippen LogP) is -1.41. The van der Waals surface area contributed by atoms with Crippen molar-refractivity contribution in [3.05, 3.63) is 44.7 Å². The number of nitrogens with zero attached hydrogens (tertiary/aromatic N) is 2. The molecule has 1 amide bonds. The van der Waals surface area contributed by atoms with Crippen LogP contribution in [0.2, 0.25) is 0 Å². The molecule has 2 aromatic rings. The smallest absolute Gasteiger partial charge is 0.271 e. The van der Waals surface area contributed by atoms with Crippen LogP contribution >= 0.6 is 11.3 Å². The maximum Gasteiger partial charge on any atom is 0.271 e. The van der Waals surface area contributed by atoms with Gasteiger partial charge in [0.2, 0.25) is 5.91 Å². The summed E-state index contributed by atoms with van der Waals surface area (Å²) in [6.07, 6.45) is 1.62. The maximum absolute atomic E-state index is 11.9. The molecule has 2 N–H and O–H groups in total. The summed E-state index contributed by atoms with van der Waals surface area (Å²) in [5.74, 6) is -0.0685. The Morgan fingerprint density at radius 1 is 1.55 bits per heavy atom. The summed E-state index contributed by atoms with van der Waals surface area (Å²) in [5, 5.41) is 22.6. The van der Waals surface area contributed by atoms with Crippen molar-refractivity contribution < 1.29 is 26.9 Å². The lowest BCUT2D eigenvalue weighted by Crippen LogP contribution is -3.00. The van der Waals surface area contributed by atoms with Gasteiger partial charge >= 0.3 is 0 Å². The molecule has 1 aromatic heterocycles. The largest absolute Gasteiger partial charge is 1.00 e. The number of hydrogen-bond donors (Lipinski definition) is 2. The van der Waals surface area contributed by atoms with E-state index in [0.717, 1.165) is 0 Å². The number of rotatable bonds is 5. The van der Waals surface area contributed by atoms with Crippen molar-refractivity contribution in [2.24, 2.45) is 0 Å². The van der Waals surface area contributed by atoms with Gasteiger partial charge in [0.05, 0.1) is 17.7 Å². The number of non-ortho nitro benzene ring substituents is 1. The zero-order chi connectivity index (χ0) is 15.4. The first-order valence-corrected chi connectivity index (χ1v) is 6.70. The number of carbonyl (C=O) groups excluding carboxylic acids is 1. The average Bonchev–Trinajstić information content (AvgIpc) is 2.84. The van der Waals surface area contributed by atoms with Crippen molar-refractivity contribution in [3.8, 4) is 5.75 Å². The summed E-state index contributed by atoms with van der Waals surface area (Å²) in [5.41, 5.74) is 0.0783. The topological polar surface area (TPSA) is 110 Å². The average molecular weight is 344 g/mol. The molecule has 0 unspecified atom stereocenters. The van der Waals surface area contributed by atoms with Crippen LogP contribution in [0.5, 0.6) is 5.75 Å². The van der Waals surface area contributed by atoms with E-state index in [0.29, 0.717) is 5.75 Å². The standard InChI is InChI=1S/C12H12N4O4S.ClH/c1-20-10-3-2-8(16(18)19)6-9(10)14-11(17)7-15-4-5-21-12(15)13;/h2-6,13H,7H2,1H3,(H,14,17);1H/p-1. The third-order valence-electron chi connectivity index (χ3n) is 2.66. The molecule has 0 saturated carbocycles. The number of amides is 1. The molecule has 0 radical (unpaired) electrons. The van der Waals surface area contributed by atoms with Gasteiger partial charge in [-0.05, 0) is 6.07 Å². The number of halogens is 1. The van der Waals surface area contributed by atoms with Gasteiger partial charge in [0.15, 0.2) is 4.80 Å². The second-order valence-corrected chi connectivity index (χ2v) is 4.92. The highest BCUT2D eigenvalue weighted by Gasteiger charge is 2.14. The first-order valence-electron chi connectivity index (χ1n) is 5.82. The normalized spacial score (nSPS) is 9.68. The van der Waals surface area contributed by atoms with E-state index in [-0.39, 0.29) is 35.1 Å². The van der Waals surface area contributed by atoms with Gasteiger partial charge in [-0.2, -0.15) is 0 Å². The molecule has 0 fully saturated rings. The van der Waals surface area contributed by atoms with Crippen LogP contribution in [0, 0.1) is 15.5 Å². The lowest BCUT2D eigenvalue weighted by molar-refractivity contribution is -0.384. The number of ether oxygens (including phenoxy) is 1. The number of thiazole rings is 1. The molecule has 1 heterocycles. The summed E-state index contributed by atoms with van der Waals surface area (Å²) in [6.45, 7) is -0.0474. The monoisotopic (exact) mass is 343 g/mol. The summed E-state index contributed by atoms with van der Waals surface area (Å²) >= 11 is 1.20. The second-order valence-electron chi connectivity index (χ2n) is 4.03. The molecule has 8 nitrogen and oxygen atoms in total. The van der Waals surface area contributed by atoms with Crippen LogP contribution in [0.3, 0.4) is 0 Å². The quantitative estimate of drug-likeness (QED) is 0.513. The highest BCUT2D eigenvalue weighted by atomic mass is 35.5. The molecule has 2 rings (SSSR count). The minimum absolute atomic E-state index is 0. The minimum Gasteiger partial charge on any atom is -1.00 e. The second kappa shape index (κ2) is 7.57. The van der Waals surface area contributed by atoms with E-state index in [2.05, 4.69) is 5.32 Å². The van der Waals surface area contributed by atoms with Gasteiger partial charge in [-0.1, -0.05) is 0 Å². The zero-order valence-corrected chi connectivity index (χ0v) is 13.0. The number of benzene rings is 1. The van der Waals surface area contributed by atoms with Crippen LogP contribution in [0.25, 0.3) is 0 Å². The Bertz CT molecular complexity index is 743. The Hall–Kier alpha value is -2.39. The van der Waals surface area contributed by atoms with Crippen LogP contribution < -0.4 is 27.3 Å². The van der Waals surface area contributed by atoms with Gasteiger partial charge in [0, 0.05) is 23.7 Å². The van der Waals surface area contributed by atoms with Crippen molar-refractivity contribution in [1.29, 1.82) is 5.41 Å². The fraction of sp³-hybridized carbons (Fsp3) is 0.167. The molecule has 1 aromatic carbocycles. The number of nitrogens with one attached hydrogen (secondary N) is 2. The van der Waals surface area contributed by atoms with E-state index in [1.807, 2.05) is 0 Å². The molecular weight excluding hydrogens is 332 g/mol. The van der Waals surface area contributed by atoms with Crippen molar-refractivity contribution in [3.63, 3.8) is 0 Å². The minimum atomic E-state index is -0.551. The van der Waals surface area contributed by atoms with Crippen molar-refractivity contribution in [1.82, 2.24) is 4.57 Å². The first kappa shape index (κ1) is 17.7. The molecule has 10 heteroatoms. The predicted molar refractivity (Wildman–Crippen MR) is 76.4 cm³/mol. The van der Waals surface area contributed by atoms with E-state index in [1.165, 1.54) is 41.2 Å². The Labute approximate surface area is 135 Å². The fourth-order valence-corrected chi connectivity index (χ4v) is 2.28. The molecule has 0 bridgehead atoms. The van der Waals surface area contributed by atoms with E-state index in [4.69, 9.17) is 10.1 Å². The number of anilines is 1. The van der Waals surface area contributed by atoms with Crippen molar-refractivity contribution >= 4 is 28.6 Å². The maximum atomic E-state index is 11.9. The highest BCUT2D eigenvalue weighted by Crippen LogP contribution is 2.28.